The van der Waals surface area contributed by atoms with Gasteiger partial charge in [0, 0.05) is 0 Å². The van der Waals surface area contributed by atoms with E-state index in [1.54, 1.807) is 0 Å². The zero-order valence-electron chi connectivity index (χ0n) is 12.4. The molecule has 0 aromatic carbocycles. The molecule has 1 aliphatic heterocycles. The summed E-state index contributed by atoms with van der Waals surface area (Å²) in [5.74, 6) is 2.09. The SMILES string of the molecule is CCC1CCC(C)CC1.CCN1CCCCC1. The number of nitrogens with zero attached hydrogens (tertiary/aromatic N) is 1. The van der Waals surface area contributed by atoms with Crippen LogP contribution in [0.1, 0.15) is 72.1 Å². The van der Waals surface area contributed by atoms with Crippen molar-refractivity contribution in [2.24, 2.45) is 11.8 Å². The molecule has 1 heteroatoms. The lowest BCUT2D eigenvalue weighted by atomic mass is 9.82. The second-order valence-electron chi connectivity index (χ2n) is 6.03. The molecule has 2 rings (SSSR count). The minimum absolute atomic E-state index is 1.02. The Labute approximate surface area is 109 Å². The average Bonchev–Trinajstić information content (AvgIpc) is 2.41. The molecule has 0 unspecified atom stereocenters. The predicted molar refractivity (Wildman–Crippen MR) is 77.4 cm³/mol. The van der Waals surface area contributed by atoms with Crippen molar-refractivity contribution in [1.29, 1.82) is 0 Å². The van der Waals surface area contributed by atoms with Gasteiger partial charge in [0.25, 0.3) is 0 Å². The van der Waals surface area contributed by atoms with Gasteiger partial charge in [0.2, 0.25) is 0 Å². The summed E-state index contributed by atoms with van der Waals surface area (Å²) in [6.45, 7) is 10.9. The molecule has 102 valence electrons. The van der Waals surface area contributed by atoms with Gasteiger partial charge in [-0.15, -0.1) is 0 Å². The van der Waals surface area contributed by atoms with Crippen molar-refractivity contribution in [3.8, 4) is 0 Å². The molecule has 1 saturated carbocycles. The standard InChI is InChI=1S/C9H18.C7H15N/c1-3-9-6-4-8(2)5-7-9;1-2-8-6-4-3-5-7-8/h8-9H,3-7H2,1-2H3;2-7H2,1H3. The Morgan fingerprint density at radius 2 is 1.47 bits per heavy atom. The third-order valence-corrected chi connectivity index (χ3v) is 4.61. The molecule has 1 aliphatic carbocycles. The van der Waals surface area contributed by atoms with Crippen molar-refractivity contribution in [2.45, 2.75) is 72.1 Å². The van der Waals surface area contributed by atoms with Crippen LogP contribution in [0.2, 0.25) is 0 Å². The number of piperidine rings is 1. The zero-order valence-corrected chi connectivity index (χ0v) is 12.4. The third-order valence-electron chi connectivity index (χ3n) is 4.61. The Hall–Kier alpha value is -0.0400. The summed E-state index contributed by atoms with van der Waals surface area (Å²) in [4.78, 5) is 2.52. The first-order valence-electron chi connectivity index (χ1n) is 7.98. The van der Waals surface area contributed by atoms with E-state index in [-0.39, 0.29) is 0 Å². The van der Waals surface area contributed by atoms with Crippen LogP contribution in [0.3, 0.4) is 0 Å². The highest BCUT2D eigenvalue weighted by molar-refractivity contribution is 4.68. The molecule has 0 aromatic rings. The van der Waals surface area contributed by atoms with Gasteiger partial charge >= 0.3 is 0 Å². The van der Waals surface area contributed by atoms with E-state index in [1.807, 2.05) is 0 Å². The highest BCUT2D eigenvalue weighted by Gasteiger charge is 2.15. The highest BCUT2D eigenvalue weighted by Crippen LogP contribution is 2.29. The first kappa shape index (κ1) is 15.0. The molecule has 0 radical (unpaired) electrons. The van der Waals surface area contributed by atoms with Crippen LogP contribution >= 0.6 is 0 Å². The molecule has 1 heterocycles. The molecule has 0 aromatic heterocycles. The Kier molecular flexibility index (Phi) is 7.92. The van der Waals surface area contributed by atoms with Crippen LogP contribution in [0.5, 0.6) is 0 Å². The molecule has 0 atom stereocenters. The summed E-state index contributed by atoms with van der Waals surface area (Å²) in [5, 5.41) is 0. The molecule has 17 heavy (non-hydrogen) atoms. The second kappa shape index (κ2) is 8.97. The van der Waals surface area contributed by atoms with Gasteiger partial charge in [-0.2, -0.15) is 0 Å². The number of hydrogen-bond donors (Lipinski definition) is 0. The number of hydrogen-bond acceptors (Lipinski definition) is 1. The van der Waals surface area contributed by atoms with Crippen molar-refractivity contribution in [3.63, 3.8) is 0 Å². The fraction of sp³-hybridized carbons (Fsp3) is 1.00. The summed E-state index contributed by atoms with van der Waals surface area (Å²) in [6.07, 6.45) is 11.7. The Morgan fingerprint density at radius 3 is 1.88 bits per heavy atom. The van der Waals surface area contributed by atoms with Crippen LogP contribution < -0.4 is 0 Å². The van der Waals surface area contributed by atoms with Crippen LogP contribution in [0.15, 0.2) is 0 Å². The fourth-order valence-electron chi connectivity index (χ4n) is 3.01. The Balaban J connectivity index is 0.000000171. The molecule has 0 bridgehead atoms. The molecule has 1 saturated heterocycles. The zero-order chi connectivity index (χ0) is 12.5. The van der Waals surface area contributed by atoms with Crippen LogP contribution in [-0.4, -0.2) is 24.5 Å². The molecular weight excluding hydrogens is 206 g/mol. The lowest BCUT2D eigenvalue weighted by Crippen LogP contribution is -2.29. The van der Waals surface area contributed by atoms with E-state index in [9.17, 15) is 0 Å². The predicted octanol–water partition coefficient (Wildman–Crippen LogP) is 4.71. The van der Waals surface area contributed by atoms with Gasteiger partial charge in [0.05, 0.1) is 0 Å². The van der Waals surface area contributed by atoms with Crippen LogP contribution in [0.4, 0.5) is 0 Å². The van der Waals surface area contributed by atoms with Crippen LogP contribution in [0.25, 0.3) is 0 Å². The van der Waals surface area contributed by atoms with Gasteiger partial charge in [-0.05, 0) is 44.3 Å². The van der Waals surface area contributed by atoms with E-state index in [4.69, 9.17) is 0 Å². The minimum Gasteiger partial charge on any atom is -0.304 e. The fourth-order valence-corrected chi connectivity index (χ4v) is 3.01. The van der Waals surface area contributed by atoms with Crippen molar-refractivity contribution < 1.29 is 0 Å². The number of likely N-dealkylation sites (tertiary alicyclic amines) is 1. The van der Waals surface area contributed by atoms with Crippen molar-refractivity contribution >= 4 is 0 Å². The molecule has 0 N–H and O–H groups in total. The van der Waals surface area contributed by atoms with Crippen LogP contribution in [0, 0.1) is 11.8 Å². The van der Waals surface area contributed by atoms with E-state index in [0.29, 0.717) is 0 Å². The molecule has 0 amide bonds. The van der Waals surface area contributed by atoms with E-state index in [2.05, 4.69) is 25.7 Å². The minimum atomic E-state index is 1.02. The van der Waals surface area contributed by atoms with Gasteiger partial charge in [0.15, 0.2) is 0 Å². The normalized spacial score (nSPS) is 30.5. The first-order chi connectivity index (χ1) is 8.26. The topological polar surface area (TPSA) is 3.24 Å². The lowest BCUT2D eigenvalue weighted by molar-refractivity contribution is 0.240. The maximum absolute atomic E-state index is 2.52. The molecule has 0 spiro atoms. The summed E-state index contributed by atoms with van der Waals surface area (Å²) in [6, 6.07) is 0. The Bertz CT molecular complexity index is 164. The molecule has 1 nitrogen and oxygen atoms in total. The monoisotopic (exact) mass is 239 g/mol. The smallest absolute Gasteiger partial charge is 0.00188 e. The Morgan fingerprint density at radius 1 is 0.882 bits per heavy atom. The largest absolute Gasteiger partial charge is 0.304 e. The molecule has 2 fully saturated rings. The van der Waals surface area contributed by atoms with Gasteiger partial charge < -0.3 is 4.90 Å². The molecular formula is C16H33N. The van der Waals surface area contributed by atoms with Gasteiger partial charge in [-0.25, -0.2) is 0 Å². The maximum Gasteiger partial charge on any atom is -0.00188 e. The van der Waals surface area contributed by atoms with E-state index < -0.39 is 0 Å². The summed E-state index contributed by atoms with van der Waals surface area (Å²) < 4.78 is 0. The highest BCUT2D eigenvalue weighted by atomic mass is 15.1. The van der Waals surface area contributed by atoms with E-state index >= 15 is 0 Å². The summed E-state index contributed by atoms with van der Waals surface area (Å²) in [7, 11) is 0. The maximum atomic E-state index is 2.52. The van der Waals surface area contributed by atoms with Crippen molar-refractivity contribution in [3.05, 3.63) is 0 Å². The summed E-state index contributed by atoms with van der Waals surface area (Å²) >= 11 is 0. The van der Waals surface area contributed by atoms with Crippen molar-refractivity contribution in [1.82, 2.24) is 4.90 Å². The second-order valence-corrected chi connectivity index (χ2v) is 6.03. The van der Waals surface area contributed by atoms with Gasteiger partial charge in [0.1, 0.15) is 0 Å². The van der Waals surface area contributed by atoms with Crippen LogP contribution in [-0.2, 0) is 0 Å². The first-order valence-corrected chi connectivity index (χ1v) is 7.98. The average molecular weight is 239 g/mol. The quantitative estimate of drug-likeness (QED) is 0.674. The van der Waals surface area contributed by atoms with E-state index in [0.717, 1.165) is 11.8 Å². The van der Waals surface area contributed by atoms with Gasteiger partial charge in [-0.1, -0.05) is 59.3 Å². The molecule has 2 aliphatic rings. The lowest BCUT2D eigenvalue weighted by Gasteiger charge is -2.24. The van der Waals surface area contributed by atoms with E-state index in [1.165, 1.54) is 71.0 Å². The third kappa shape index (κ3) is 6.45. The van der Waals surface area contributed by atoms with Gasteiger partial charge in [-0.3, -0.25) is 0 Å². The summed E-state index contributed by atoms with van der Waals surface area (Å²) in [5.41, 5.74) is 0. The van der Waals surface area contributed by atoms with Crippen molar-refractivity contribution in [2.75, 3.05) is 19.6 Å². The number of rotatable bonds is 2.